The Balaban J connectivity index is 1.69. The molecule has 5 nitrogen and oxygen atoms in total. The third-order valence-corrected chi connectivity index (χ3v) is 5.32. The predicted octanol–water partition coefficient (Wildman–Crippen LogP) is 3.24. The zero-order valence-corrected chi connectivity index (χ0v) is 17.0. The molecule has 1 aliphatic heterocycles. The van der Waals surface area contributed by atoms with Crippen LogP contribution in [0.5, 0.6) is 11.5 Å². The number of carbonyl (C=O) groups is 1. The zero-order valence-electron chi connectivity index (χ0n) is 17.0. The van der Waals surface area contributed by atoms with Crippen LogP contribution in [0.15, 0.2) is 48.5 Å². The third-order valence-electron chi connectivity index (χ3n) is 5.32. The minimum atomic E-state index is 0.0510. The van der Waals surface area contributed by atoms with Crippen molar-refractivity contribution in [2.45, 2.75) is 31.7 Å². The number of hydrogen-bond donors (Lipinski definition) is 1. The molecule has 1 fully saturated rings. The van der Waals surface area contributed by atoms with Gasteiger partial charge in [-0.25, -0.2) is 0 Å². The molecule has 2 atom stereocenters. The lowest BCUT2D eigenvalue weighted by molar-refractivity contribution is -0.121. The van der Waals surface area contributed by atoms with Gasteiger partial charge in [0, 0.05) is 25.0 Å². The maximum Gasteiger partial charge on any atom is 0.224 e. The van der Waals surface area contributed by atoms with Gasteiger partial charge in [0.1, 0.15) is 11.5 Å². The van der Waals surface area contributed by atoms with Gasteiger partial charge in [0.25, 0.3) is 0 Å². The summed E-state index contributed by atoms with van der Waals surface area (Å²) in [6, 6.07) is 16.0. The lowest BCUT2D eigenvalue weighted by Crippen LogP contribution is -2.40. The summed E-state index contributed by atoms with van der Waals surface area (Å²) in [5.41, 5.74) is 2.20. The molecular formula is C23H30N2O3. The monoisotopic (exact) mass is 382 g/mol. The smallest absolute Gasteiger partial charge is 0.224 e. The number of nitrogens with zero attached hydrogens (tertiary/aromatic N) is 1. The van der Waals surface area contributed by atoms with Gasteiger partial charge in [-0.3, -0.25) is 4.79 Å². The van der Waals surface area contributed by atoms with Crippen molar-refractivity contribution in [1.82, 2.24) is 10.2 Å². The van der Waals surface area contributed by atoms with Gasteiger partial charge in [0.05, 0.1) is 20.6 Å². The summed E-state index contributed by atoms with van der Waals surface area (Å²) in [5.74, 6) is 1.96. The summed E-state index contributed by atoms with van der Waals surface area (Å²) in [5, 5.41) is 3.28. The second-order valence-electron chi connectivity index (χ2n) is 7.34. The fraction of sp³-hybridized carbons (Fsp3) is 0.435. The molecule has 0 unspecified atom stereocenters. The third kappa shape index (κ3) is 5.04. The number of benzene rings is 2. The average molecular weight is 383 g/mol. The summed E-state index contributed by atoms with van der Waals surface area (Å²) in [6.07, 6.45) is 1.47. The first kappa shape index (κ1) is 20.2. The first-order valence-corrected chi connectivity index (χ1v) is 9.91. The zero-order chi connectivity index (χ0) is 19.9. The molecule has 0 aliphatic carbocycles. The molecular weight excluding hydrogens is 352 g/mol. The van der Waals surface area contributed by atoms with Crippen molar-refractivity contribution >= 4 is 5.91 Å². The van der Waals surface area contributed by atoms with E-state index in [2.05, 4.69) is 29.3 Å². The first-order chi connectivity index (χ1) is 13.6. The molecule has 1 saturated heterocycles. The van der Waals surface area contributed by atoms with Crippen LogP contribution in [0.4, 0.5) is 0 Å². The molecule has 2 aromatic rings. The standard InChI is InChI=1S/C23H30N2O3/c1-4-12-25-15-21(18-8-10-19(27-2)11-9-18)22(16-25)24-23(26)14-17-6-5-7-20(13-17)28-3/h5-11,13,21-22H,4,12,14-16H2,1-3H3,(H,24,26)/t21-,22+/m1/s1. The molecule has 2 aromatic carbocycles. The van der Waals surface area contributed by atoms with Gasteiger partial charge in [0.2, 0.25) is 5.91 Å². The van der Waals surface area contributed by atoms with Crippen LogP contribution in [0.3, 0.4) is 0 Å². The van der Waals surface area contributed by atoms with E-state index in [-0.39, 0.29) is 17.9 Å². The van der Waals surface area contributed by atoms with Gasteiger partial charge < -0.3 is 19.7 Å². The van der Waals surface area contributed by atoms with E-state index in [1.165, 1.54) is 5.56 Å². The van der Waals surface area contributed by atoms with Crippen LogP contribution in [-0.2, 0) is 11.2 Å². The number of likely N-dealkylation sites (tertiary alicyclic amines) is 1. The van der Waals surface area contributed by atoms with Gasteiger partial charge in [-0.1, -0.05) is 31.2 Å². The molecule has 1 N–H and O–H groups in total. The van der Waals surface area contributed by atoms with Crippen LogP contribution in [-0.4, -0.2) is 50.7 Å². The maximum absolute atomic E-state index is 12.7. The van der Waals surface area contributed by atoms with Crippen LogP contribution in [0.2, 0.25) is 0 Å². The molecule has 0 bridgehead atoms. The number of rotatable bonds is 8. The number of methoxy groups -OCH3 is 2. The van der Waals surface area contributed by atoms with Crippen molar-refractivity contribution in [2.75, 3.05) is 33.9 Å². The Labute approximate surface area is 167 Å². The van der Waals surface area contributed by atoms with E-state index >= 15 is 0 Å². The van der Waals surface area contributed by atoms with Crippen molar-refractivity contribution in [3.05, 3.63) is 59.7 Å². The second-order valence-corrected chi connectivity index (χ2v) is 7.34. The highest BCUT2D eigenvalue weighted by Crippen LogP contribution is 2.29. The summed E-state index contributed by atoms with van der Waals surface area (Å²) < 4.78 is 10.5. The normalized spacial score (nSPS) is 19.4. The minimum absolute atomic E-state index is 0.0510. The molecule has 0 saturated carbocycles. The minimum Gasteiger partial charge on any atom is -0.497 e. The fourth-order valence-electron chi connectivity index (χ4n) is 3.94. The molecule has 1 heterocycles. The first-order valence-electron chi connectivity index (χ1n) is 9.91. The summed E-state index contributed by atoms with van der Waals surface area (Å²) in [4.78, 5) is 15.2. The van der Waals surface area contributed by atoms with E-state index in [9.17, 15) is 4.79 Å². The second kappa shape index (κ2) is 9.60. The molecule has 0 aromatic heterocycles. The van der Waals surface area contributed by atoms with Gasteiger partial charge in [-0.2, -0.15) is 0 Å². The van der Waals surface area contributed by atoms with E-state index in [1.54, 1.807) is 14.2 Å². The molecule has 0 radical (unpaired) electrons. The molecule has 5 heteroatoms. The highest BCUT2D eigenvalue weighted by Gasteiger charge is 2.34. The summed E-state index contributed by atoms with van der Waals surface area (Å²) in [6.45, 7) is 5.09. The van der Waals surface area contributed by atoms with E-state index in [0.717, 1.165) is 43.1 Å². The Hall–Kier alpha value is -2.53. The highest BCUT2D eigenvalue weighted by molar-refractivity contribution is 5.79. The Morgan fingerprint density at radius 3 is 2.50 bits per heavy atom. The lowest BCUT2D eigenvalue weighted by Gasteiger charge is -2.20. The van der Waals surface area contributed by atoms with Crippen LogP contribution in [0.1, 0.15) is 30.4 Å². The van der Waals surface area contributed by atoms with E-state index in [4.69, 9.17) is 9.47 Å². The highest BCUT2D eigenvalue weighted by atomic mass is 16.5. The van der Waals surface area contributed by atoms with E-state index in [0.29, 0.717) is 6.42 Å². The Kier molecular flexibility index (Phi) is 6.93. The van der Waals surface area contributed by atoms with Gasteiger partial charge in [-0.05, 0) is 48.4 Å². The fourth-order valence-corrected chi connectivity index (χ4v) is 3.94. The van der Waals surface area contributed by atoms with Gasteiger partial charge in [-0.15, -0.1) is 0 Å². The quantitative estimate of drug-likeness (QED) is 0.762. The Morgan fingerprint density at radius 1 is 1.07 bits per heavy atom. The Morgan fingerprint density at radius 2 is 1.82 bits per heavy atom. The van der Waals surface area contributed by atoms with Crippen molar-refractivity contribution in [2.24, 2.45) is 0 Å². The number of carbonyl (C=O) groups excluding carboxylic acids is 1. The van der Waals surface area contributed by atoms with Crippen LogP contribution in [0, 0.1) is 0 Å². The number of amides is 1. The molecule has 3 rings (SSSR count). The molecule has 1 amide bonds. The van der Waals surface area contributed by atoms with Crippen molar-refractivity contribution < 1.29 is 14.3 Å². The van der Waals surface area contributed by atoms with Crippen LogP contribution in [0.25, 0.3) is 0 Å². The number of hydrogen-bond acceptors (Lipinski definition) is 4. The SMILES string of the molecule is CCCN1C[C@H](NC(=O)Cc2cccc(OC)c2)[C@@H](c2ccc(OC)cc2)C1. The van der Waals surface area contributed by atoms with Crippen molar-refractivity contribution in [3.63, 3.8) is 0 Å². The maximum atomic E-state index is 12.7. The molecule has 28 heavy (non-hydrogen) atoms. The predicted molar refractivity (Wildman–Crippen MR) is 111 cm³/mol. The van der Waals surface area contributed by atoms with Gasteiger partial charge >= 0.3 is 0 Å². The van der Waals surface area contributed by atoms with Crippen molar-refractivity contribution in [3.8, 4) is 11.5 Å². The molecule has 150 valence electrons. The molecule has 1 aliphatic rings. The average Bonchev–Trinajstić information content (AvgIpc) is 3.10. The molecule has 0 spiro atoms. The van der Waals surface area contributed by atoms with Gasteiger partial charge in [0.15, 0.2) is 0 Å². The number of nitrogens with one attached hydrogen (secondary N) is 1. The van der Waals surface area contributed by atoms with Crippen LogP contribution < -0.4 is 14.8 Å². The topological polar surface area (TPSA) is 50.8 Å². The summed E-state index contributed by atoms with van der Waals surface area (Å²) in [7, 11) is 3.31. The largest absolute Gasteiger partial charge is 0.497 e. The van der Waals surface area contributed by atoms with Crippen LogP contribution >= 0.6 is 0 Å². The lowest BCUT2D eigenvalue weighted by atomic mass is 9.94. The number of ether oxygens (including phenoxy) is 2. The van der Waals surface area contributed by atoms with E-state index < -0.39 is 0 Å². The van der Waals surface area contributed by atoms with E-state index in [1.807, 2.05) is 36.4 Å². The summed E-state index contributed by atoms with van der Waals surface area (Å²) >= 11 is 0. The van der Waals surface area contributed by atoms with Crippen molar-refractivity contribution in [1.29, 1.82) is 0 Å². The Bertz CT molecular complexity index is 776.